The molecule has 0 fully saturated rings. The molecule has 0 spiro atoms. The van der Waals surface area contributed by atoms with Crippen molar-refractivity contribution in [2.75, 3.05) is 7.11 Å². The number of benzene rings is 3. The van der Waals surface area contributed by atoms with Gasteiger partial charge in [-0.2, -0.15) is 8.42 Å². The predicted octanol–water partition coefficient (Wildman–Crippen LogP) is 4.27. The maximum absolute atomic E-state index is 12.5. The zero-order chi connectivity index (χ0) is 16.4. The van der Waals surface area contributed by atoms with E-state index in [0.717, 1.165) is 10.8 Å². The monoisotopic (exact) mass is 348 g/mol. The molecule has 0 heterocycles. The summed E-state index contributed by atoms with van der Waals surface area (Å²) in [4.78, 5) is -0.0216. The van der Waals surface area contributed by atoms with Gasteiger partial charge in [-0.3, -0.25) is 0 Å². The highest BCUT2D eigenvalue weighted by atomic mass is 35.5. The van der Waals surface area contributed by atoms with Crippen molar-refractivity contribution in [3.8, 4) is 11.5 Å². The second-order valence-electron chi connectivity index (χ2n) is 4.81. The summed E-state index contributed by atoms with van der Waals surface area (Å²) in [6, 6.07) is 16.8. The molecule has 0 bridgehead atoms. The second-order valence-corrected chi connectivity index (χ2v) is 6.76. The molecule has 6 heteroatoms. The average molecular weight is 349 g/mol. The number of halogens is 1. The molecule has 0 aromatic heterocycles. The van der Waals surface area contributed by atoms with E-state index in [-0.39, 0.29) is 16.4 Å². The second kappa shape index (κ2) is 6.10. The number of rotatable bonds is 4. The molecule has 0 radical (unpaired) electrons. The summed E-state index contributed by atoms with van der Waals surface area (Å²) in [5.41, 5.74) is 0. The number of hydrogen-bond donors (Lipinski definition) is 0. The fourth-order valence-electron chi connectivity index (χ4n) is 2.23. The quantitative estimate of drug-likeness (QED) is 0.661. The van der Waals surface area contributed by atoms with Crippen LogP contribution in [0.2, 0.25) is 5.02 Å². The Bertz CT molecular complexity index is 962. The molecule has 0 saturated carbocycles. The molecular weight excluding hydrogens is 336 g/mol. The van der Waals surface area contributed by atoms with Crippen molar-refractivity contribution >= 4 is 32.5 Å². The van der Waals surface area contributed by atoms with Gasteiger partial charge in [0.1, 0.15) is 10.6 Å². The summed E-state index contributed by atoms with van der Waals surface area (Å²) in [7, 11) is -2.57. The third-order valence-corrected chi connectivity index (χ3v) is 4.90. The Hall–Kier alpha value is -2.24. The summed E-state index contributed by atoms with van der Waals surface area (Å²) in [6.45, 7) is 0. The van der Waals surface area contributed by atoms with Crippen LogP contribution in [-0.2, 0) is 10.1 Å². The van der Waals surface area contributed by atoms with E-state index in [9.17, 15) is 8.42 Å². The molecule has 0 amide bonds. The van der Waals surface area contributed by atoms with E-state index in [4.69, 9.17) is 20.5 Å². The van der Waals surface area contributed by atoms with Gasteiger partial charge in [0, 0.05) is 11.5 Å². The van der Waals surface area contributed by atoms with Gasteiger partial charge in [-0.05, 0) is 23.6 Å². The van der Waals surface area contributed by atoms with E-state index in [2.05, 4.69) is 0 Å². The standard InChI is InChI=1S/C17H13ClO4S/c1-21-17-11-13(9-10-15(17)18)23(19,20)22-16-8-4-6-12-5-2-3-7-14(12)16/h2-11H,1H3. The summed E-state index contributed by atoms with van der Waals surface area (Å²) < 4.78 is 35.4. The molecule has 0 aliphatic carbocycles. The SMILES string of the molecule is COc1cc(S(=O)(=O)Oc2cccc3ccccc23)ccc1Cl. The predicted molar refractivity (Wildman–Crippen MR) is 89.8 cm³/mol. The summed E-state index contributed by atoms with van der Waals surface area (Å²) in [5, 5.41) is 1.95. The molecule has 23 heavy (non-hydrogen) atoms. The van der Waals surface area contributed by atoms with Crippen molar-refractivity contribution in [2.24, 2.45) is 0 Å². The van der Waals surface area contributed by atoms with E-state index in [0.29, 0.717) is 5.02 Å². The highest BCUT2D eigenvalue weighted by Gasteiger charge is 2.19. The van der Waals surface area contributed by atoms with Gasteiger partial charge in [-0.1, -0.05) is 48.0 Å². The van der Waals surface area contributed by atoms with Crippen LogP contribution in [0.25, 0.3) is 10.8 Å². The van der Waals surface area contributed by atoms with Crippen LogP contribution in [0.1, 0.15) is 0 Å². The maximum atomic E-state index is 12.5. The van der Waals surface area contributed by atoms with Crippen molar-refractivity contribution in [1.29, 1.82) is 0 Å². The largest absolute Gasteiger partial charge is 0.495 e. The maximum Gasteiger partial charge on any atom is 0.339 e. The summed E-state index contributed by atoms with van der Waals surface area (Å²) in [6.07, 6.45) is 0. The Morgan fingerprint density at radius 3 is 2.43 bits per heavy atom. The van der Waals surface area contributed by atoms with Crippen LogP contribution in [0.15, 0.2) is 65.6 Å². The average Bonchev–Trinajstić information content (AvgIpc) is 2.55. The normalized spacial score (nSPS) is 11.4. The number of fused-ring (bicyclic) bond motifs is 1. The minimum Gasteiger partial charge on any atom is -0.495 e. The van der Waals surface area contributed by atoms with Crippen LogP contribution < -0.4 is 8.92 Å². The summed E-state index contributed by atoms with van der Waals surface area (Å²) >= 11 is 5.92. The fourth-order valence-corrected chi connectivity index (χ4v) is 3.39. The number of ether oxygens (including phenoxy) is 1. The molecule has 3 rings (SSSR count). The number of hydrogen-bond acceptors (Lipinski definition) is 4. The Kier molecular flexibility index (Phi) is 4.15. The lowest BCUT2D eigenvalue weighted by atomic mass is 10.1. The lowest BCUT2D eigenvalue weighted by molar-refractivity contribution is 0.413. The molecule has 118 valence electrons. The molecule has 0 N–H and O–H groups in total. The third-order valence-electron chi connectivity index (χ3n) is 3.36. The summed E-state index contributed by atoms with van der Waals surface area (Å²) in [5.74, 6) is 0.547. The first-order valence-corrected chi connectivity index (χ1v) is 8.56. The zero-order valence-electron chi connectivity index (χ0n) is 12.2. The van der Waals surface area contributed by atoms with Gasteiger partial charge in [0.15, 0.2) is 5.75 Å². The Balaban J connectivity index is 2.04. The minimum atomic E-state index is -3.99. The van der Waals surface area contributed by atoms with Crippen molar-refractivity contribution < 1.29 is 17.3 Å². The van der Waals surface area contributed by atoms with Crippen LogP contribution in [0.5, 0.6) is 11.5 Å². The first-order chi connectivity index (χ1) is 11.0. The Labute approximate surface area is 139 Å². The Morgan fingerprint density at radius 1 is 0.913 bits per heavy atom. The van der Waals surface area contributed by atoms with Crippen molar-refractivity contribution in [2.45, 2.75) is 4.90 Å². The lowest BCUT2D eigenvalue weighted by Crippen LogP contribution is -2.10. The van der Waals surface area contributed by atoms with Gasteiger partial charge in [-0.15, -0.1) is 0 Å². The van der Waals surface area contributed by atoms with Gasteiger partial charge in [-0.25, -0.2) is 0 Å². The molecule has 0 unspecified atom stereocenters. The first kappa shape index (κ1) is 15.6. The highest BCUT2D eigenvalue weighted by molar-refractivity contribution is 7.87. The molecule has 3 aromatic carbocycles. The molecular formula is C17H13ClO4S. The van der Waals surface area contributed by atoms with Crippen molar-refractivity contribution in [3.63, 3.8) is 0 Å². The zero-order valence-corrected chi connectivity index (χ0v) is 13.8. The molecule has 3 aromatic rings. The Morgan fingerprint density at radius 2 is 1.65 bits per heavy atom. The first-order valence-electron chi connectivity index (χ1n) is 6.77. The van der Waals surface area contributed by atoms with E-state index >= 15 is 0 Å². The topological polar surface area (TPSA) is 52.6 Å². The van der Waals surface area contributed by atoms with Crippen LogP contribution in [0, 0.1) is 0 Å². The van der Waals surface area contributed by atoms with Crippen LogP contribution in [0.4, 0.5) is 0 Å². The molecule has 0 aliphatic rings. The van der Waals surface area contributed by atoms with E-state index < -0.39 is 10.1 Å². The smallest absolute Gasteiger partial charge is 0.339 e. The van der Waals surface area contributed by atoms with E-state index in [1.165, 1.54) is 25.3 Å². The lowest BCUT2D eigenvalue weighted by Gasteiger charge is -2.11. The van der Waals surface area contributed by atoms with Crippen LogP contribution in [-0.4, -0.2) is 15.5 Å². The van der Waals surface area contributed by atoms with E-state index in [1.807, 2.05) is 30.3 Å². The van der Waals surface area contributed by atoms with Gasteiger partial charge in [0.25, 0.3) is 0 Å². The van der Waals surface area contributed by atoms with Gasteiger partial charge >= 0.3 is 10.1 Å². The fraction of sp³-hybridized carbons (Fsp3) is 0.0588. The van der Waals surface area contributed by atoms with Crippen LogP contribution in [0.3, 0.4) is 0 Å². The van der Waals surface area contributed by atoms with Crippen molar-refractivity contribution in [3.05, 3.63) is 65.7 Å². The number of methoxy groups -OCH3 is 1. The van der Waals surface area contributed by atoms with Gasteiger partial charge in [0.2, 0.25) is 0 Å². The van der Waals surface area contributed by atoms with Crippen molar-refractivity contribution in [1.82, 2.24) is 0 Å². The minimum absolute atomic E-state index is 0.0216. The third kappa shape index (κ3) is 3.11. The van der Waals surface area contributed by atoms with Gasteiger partial charge < -0.3 is 8.92 Å². The van der Waals surface area contributed by atoms with Gasteiger partial charge in [0.05, 0.1) is 12.1 Å². The molecule has 0 saturated heterocycles. The van der Waals surface area contributed by atoms with E-state index in [1.54, 1.807) is 12.1 Å². The highest BCUT2D eigenvalue weighted by Crippen LogP contribution is 2.31. The molecule has 4 nitrogen and oxygen atoms in total. The van der Waals surface area contributed by atoms with Crippen LogP contribution >= 0.6 is 11.6 Å². The molecule has 0 atom stereocenters. The molecule has 0 aliphatic heterocycles.